The van der Waals surface area contributed by atoms with Gasteiger partial charge in [0.05, 0.1) is 13.2 Å². The number of rotatable bonds is 1. The predicted molar refractivity (Wildman–Crippen MR) is 41.0 cm³/mol. The van der Waals surface area contributed by atoms with Crippen molar-refractivity contribution in [3.8, 4) is 0 Å². The molecule has 54 valence electrons. The first-order valence-corrected chi connectivity index (χ1v) is 5.85. The molecule has 5 heteroatoms. The Kier molecular flexibility index (Phi) is 3.52. The monoisotopic (exact) mass is 187 g/mol. The summed E-state index contributed by atoms with van der Waals surface area (Å²) in [6, 6.07) is 0. The van der Waals surface area contributed by atoms with E-state index in [0.29, 0.717) is 0 Å². The minimum atomic E-state index is -0.921. The predicted octanol–water partition coefficient (Wildman–Crippen LogP) is 2.02. The van der Waals surface area contributed by atoms with Gasteiger partial charge in [-0.15, -0.1) is 0 Å². The normalized spacial score (nSPS) is 23.0. The summed E-state index contributed by atoms with van der Waals surface area (Å²) in [4.78, 5) is 0. The standard InChI is InChI=1S/C4H8Cl2NOP/c5-9(6)7-1-3-8-4-2-7/h1-4H2. The summed E-state index contributed by atoms with van der Waals surface area (Å²) in [6.07, 6.45) is 0. The first-order chi connectivity index (χ1) is 4.30. The molecule has 0 amide bonds. The van der Waals surface area contributed by atoms with E-state index in [4.69, 9.17) is 27.2 Å². The SMILES string of the molecule is ClP(Cl)N1CCOCC1. The molecule has 2 nitrogen and oxygen atoms in total. The van der Waals surface area contributed by atoms with Crippen LogP contribution in [0.25, 0.3) is 0 Å². The van der Waals surface area contributed by atoms with Crippen LogP contribution in [0.1, 0.15) is 0 Å². The molecule has 1 aliphatic rings. The number of hydrogen-bond donors (Lipinski definition) is 0. The van der Waals surface area contributed by atoms with Crippen LogP contribution in [0.15, 0.2) is 0 Å². The van der Waals surface area contributed by atoms with Crippen molar-refractivity contribution in [2.45, 2.75) is 0 Å². The lowest BCUT2D eigenvalue weighted by Crippen LogP contribution is -2.30. The fourth-order valence-electron chi connectivity index (χ4n) is 0.705. The van der Waals surface area contributed by atoms with Gasteiger partial charge < -0.3 is 4.74 Å². The Hall–Kier alpha value is 0.930. The number of halogens is 2. The van der Waals surface area contributed by atoms with E-state index in [1.54, 1.807) is 0 Å². The van der Waals surface area contributed by atoms with Crippen molar-refractivity contribution in [1.82, 2.24) is 4.67 Å². The second kappa shape index (κ2) is 3.95. The van der Waals surface area contributed by atoms with E-state index in [-0.39, 0.29) is 0 Å². The van der Waals surface area contributed by atoms with E-state index in [9.17, 15) is 0 Å². The quantitative estimate of drug-likeness (QED) is 0.583. The molecule has 1 aliphatic heterocycles. The van der Waals surface area contributed by atoms with Gasteiger partial charge in [-0.25, -0.2) is 0 Å². The van der Waals surface area contributed by atoms with E-state index >= 15 is 0 Å². The van der Waals surface area contributed by atoms with Crippen LogP contribution in [0.5, 0.6) is 0 Å². The van der Waals surface area contributed by atoms with Gasteiger partial charge in [-0.1, -0.05) is 22.5 Å². The molecule has 0 N–H and O–H groups in total. The molecule has 0 atom stereocenters. The number of ether oxygens (including phenoxy) is 1. The van der Waals surface area contributed by atoms with Crippen molar-refractivity contribution in [1.29, 1.82) is 0 Å². The zero-order chi connectivity index (χ0) is 6.69. The maximum Gasteiger partial charge on any atom is 0.160 e. The molecule has 0 aromatic carbocycles. The highest BCUT2D eigenvalue weighted by atomic mass is 35.9. The second-order valence-electron chi connectivity index (χ2n) is 1.78. The van der Waals surface area contributed by atoms with Gasteiger partial charge in [0.1, 0.15) is 0 Å². The summed E-state index contributed by atoms with van der Waals surface area (Å²) in [5, 5.41) is 0. The molecule has 1 rings (SSSR count). The Morgan fingerprint density at radius 3 is 2.11 bits per heavy atom. The topological polar surface area (TPSA) is 12.5 Å². The van der Waals surface area contributed by atoms with Gasteiger partial charge >= 0.3 is 0 Å². The Balaban J connectivity index is 2.23. The molecular formula is C4H8Cl2NOP. The fourth-order valence-corrected chi connectivity index (χ4v) is 2.08. The number of hydrogen-bond acceptors (Lipinski definition) is 2. The first-order valence-electron chi connectivity index (χ1n) is 2.75. The molecule has 1 heterocycles. The number of morpholine rings is 1. The maximum atomic E-state index is 5.66. The average Bonchev–Trinajstić information content (AvgIpc) is 1.90. The van der Waals surface area contributed by atoms with Crippen molar-refractivity contribution in [2.24, 2.45) is 0 Å². The molecule has 1 fully saturated rings. The Morgan fingerprint density at radius 2 is 1.78 bits per heavy atom. The first kappa shape index (κ1) is 8.03. The Labute approximate surface area is 65.4 Å². The molecule has 0 bridgehead atoms. The van der Waals surface area contributed by atoms with Crippen molar-refractivity contribution in [3.63, 3.8) is 0 Å². The highest BCUT2D eigenvalue weighted by molar-refractivity contribution is 8.02. The zero-order valence-electron chi connectivity index (χ0n) is 4.89. The van der Waals surface area contributed by atoms with Gasteiger partial charge in [0.15, 0.2) is 6.78 Å². The molecule has 0 saturated carbocycles. The van der Waals surface area contributed by atoms with Gasteiger partial charge in [-0.3, -0.25) is 4.67 Å². The van der Waals surface area contributed by atoms with Crippen LogP contribution in [-0.2, 0) is 4.74 Å². The van der Waals surface area contributed by atoms with Gasteiger partial charge in [0, 0.05) is 13.1 Å². The average molecular weight is 188 g/mol. The molecule has 0 aromatic rings. The van der Waals surface area contributed by atoms with Gasteiger partial charge in [-0.05, 0) is 0 Å². The molecule has 1 saturated heterocycles. The fraction of sp³-hybridized carbons (Fsp3) is 1.00. The lowest BCUT2D eigenvalue weighted by atomic mass is 10.5. The van der Waals surface area contributed by atoms with Crippen LogP contribution in [0, 0.1) is 0 Å². The van der Waals surface area contributed by atoms with Crippen LogP contribution in [0.3, 0.4) is 0 Å². The second-order valence-corrected chi connectivity index (χ2v) is 5.22. The van der Waals surface area contributed by atoms with Crippen LogP contribution in [0.2, 0.25) is 0 Å². The van der Waals surface area contributed by atoms with Crippen LogP contribution in [-0.4, -0.2) is 31.0 Å². The minimum absolute atomic E-state index is 0.762. The Morgan fingerprint density at radius 1 is 1.22 bits per heavy atom. The van der Waals surface area contributed by atoms with Crippen LogP contribution < -0.4 is 0 Å². The molecule has 9 heavy (non-hydrogen) atoms. The van der Waals surface area contributed by atoms with E-state index in [0.717, 1.165) is 26.3 Å². The highest BCUT2D eigenvalue weighted by Crippen LogP contribution is 2.50. The maximum absolute atomic E-state index is 5.66. The summed E-state index contributed by atoms with van der Waals surface area (Å²) < 4.78 is 7.13. The van der Waals surface area contributed by atoms with Crippen LogP contribution >= 0.6 is 29.3 Å². The molecular weight excluding hydrogens is 180 g/mol. The van der Waals surface area contributed by atoms with Crippen molar-refractivity contribution < 1.29 is 4.74 Å². The minimum Gasteiger partial charge on any atom is -0.379 e. The van der Waals surface area contributed by atoms with E-state index in [1.807, 2.05) is 4.67 Å². The van der Waals surface area contributed by atoms with Crippen LogP contribution in [0.4, 0.5) is 0 Å². The molecule has 0 spiro atoms. The third-order valence-corrected chi connectivity index (χ3v) is 3.31. The Bertz CT molecular complexity index is 86.6. The van der Waals surface area contributed by atoms with Gasteiger partial charge in [0.25, 0.3) is 0 Å². The highest BCUT2D eigenvalue weighted by Gasteiger charge is 2.15. The summed E-state index contributed by atoms with van der Waals surface area (Å²) >= 11 is 11.3. The summed E-state index contributed by atoms with van der Waals surface area (Å²) in [5.41, 5.74) is 0. The van der Waals surface area contributed by atoms with E-state index in [2.05, 4.69) is 0 Å². The lowest BCUT2D eigenvalue weighted by Gasteiger charge is -2.26. The molecule has 0 aliphatic carbocycles. The summed E-state index contributed by atoms with van der Waals surface area (Å²) in [7, 11) is 0. The van der Waals surface area contributed by atoms with Crippen molar-refractivity contribution in [2.75, 3.05) is 26.3 Å². The zero-order valence-corrected chi connectivity index (χ0v) is 7.29. The summed E-state index contributed by atoms with van der Waals surface area (Å²) in [5.74, 6) is 0. The number of nitrogens with zero attached hydrogens (tertiary/aromatic N) is 1. The summed E-state index contributed by atoms with van der Waals surface area (Å²) in [6.45, 7) is 2.35. The van der Waals surface area contributed by atoms with Gasteiger partial charge in [0.2, 0.25) is 0 Å². The van der Waals surface area contributed by atoms with Crippen molar-refractivity contribution in [3.05, 3.63) is 0 Å². The largest absolute Gasteiger partial charge is 0.379 e. The van der Waals surface area contributed by atoms with E-state index in [1.165, 1.54) is 0 Å². The van der Waals surface area contributed by atoms with Crippen molar-refractivity contribution >= 4 is 29.3 Å². The molecule has 0 aromatic heterocycles. The van der Waals surface area contributed by atoms with Gasteiger partial charge in [-0.2, -0.15) is 0 Å². The lowest BCUT2D eigenvalue weighted by molar-refractivity contribution is 0.0761. The third-order valence-electron chi connectivity index (χ3n) is 1.20. The van der Waals surface area contributed by atoms with E-state index < -0.39 is 6.78 Å². The third kappa shape index (κ3) is 2.57. The molecule has 0 unspecified atom stereocenters. The smallest absolute Gasteiger partial charge is 0.160 e. The molecule has 0 radical (unpaired) electrons.